The summed E-state index contributed by atoms with van der Waals surface area (Å²) < 4.78 is 26.8. The summed E-state index contributed by atoms with van der Waals surface area (Å²) >= 11 is 0. The third kappa shape index (κ3) is 4.60. The van der Waals surface area contributed by atoms with Crippen LogP contribution in [0.3, 0.4) is 0 Å². The predicted octanol–water partition coefficient (Wildman–Crippen LogP) is 1.77. The van der Waals surface area contributed by atoms with Crippen molar-refractivity contribution in [2.45, 2.75) is 44.5 Å². The molecule has 0 bridgehead atoms. The zero-order valence-electron chi connectivity index (χ0n) is 11.4. The lowest BCUT2D eigenvalue weighted by molar-refractivity contribution is 0.383. The monoisotopic (exact) mass is 282 g/mol. The van der Waals surface area contributed by atoms with Crippen LogP contribution in [-0.2, 0) is 22.3 Å². The topological polar surface area (TPSA) is 58.2 Å². The molecule has 0 spiro atoms. The highest BCUT2D eigenvalue weighted by Crippen LogP contribution is 2.20. The lowest BCUT2D eigenvalue weighted by Crippen LogP contribution is -2.40. The van der Waals surface area contributed by atoms with Crippen LogP contribution in [0.5, 0.6) is 0 Å². The molecule has 5 heteroatoms. The summed E-state index contributed by atoms with van der Waals surface area (Å²) in [6, 6.07) is 7.92. The lowest BCUT2D eigenvalue weighted by Gasteiger charge is -2.26. The molecule has 1 aromatic carbocycles. The van der Waals surface area contributed by atoms with Gasteiger partial charge in [-0.1, -0.05) is 37.6 Å². The van der Waals surface area contributed by atoms with E-state index in [1.54, 1.807) is 0 Å². The van der Waals surface area contributed by atoms with Crippen LogP contribution < -0.4 is 10.0 Å². The van der Waals surface area contributed by atoms with Gasteiger partial charge in [-0.15, -0.1) is 0 Å². The molecule has 106 valence electrons. The number of hydrogen-bond acceptors (Lipinski definition) is 3. The van der Waals surface area contributed by atoms with Crippen molar-refractivity contribution in [1.29, 1.82) is 0 Å². The van der Waals surface area contributed by atoms with E-state index in [9.17, 15) is 8.42 Å². The van der Waals surface area contributed by atoms with Crippen LogP contribution in [0.2, 0.25) is 0 Å². The molecule has 1 fully saturated rings. The van der Waals surface area contributed by atoms with Crippen LogP contribution in [-0.4, -0.2) is 21.0 Å². The molecule has 2 N–H and O–H groups in total. The van der Waals surface area contributed by atoms with Crippen LogP contribution in [0.4, 0.5) is 0 Å². The van der Waals surface area contributed by atoms with Crippen LogP contribution in [0.25, 0.3) is 0 Å². The molecule has 0 amide bonds. The number of hydrogen-bond donors (Lipinski definition) is 2. The number of sulfonamides is 1. The normalized spacial score (nSPS) is 16.3. The van der Waals surface area contributed by atoms with Crippen molar-refractivity contribution >= 4 is 10.0 Å². The molecule has 1 aromatic rings. The van der Waals surface area contributed by atoms with Crippen molar-refractivity contribution in [3.05, 3.63) is 35.4 Å². The van der Waals surface area contributed by atoms with Gasteiger partial charge in [0.15, 0.2) is 0 Å². The first-order chi connectivity index (χ1) is 9.09. The maximum absolute atomic E-state index is 12.0. The van der Waals surface area contributed by atoms with Crippen LogP contribution >= 0.6 is 0 Å². The Kier molecular flexibility index (Phi) is 4.96. The average Bonchev–Trinajstić information content (AvgIpc) is 2.31. The molecule has 1 aliphatic carbocycles. The molecule has 0 heterocycles. The third-order valence-corrected chi connectivity index (χ3v) is 4.78. The number of nitrogens with one attached hydrogen (secondary N) is 2. The van der Waals surface area contributed by atoms with Gasteiger partial charge in [-0.3, -0.25) is 0 Å². The van der Waals surface area contributed by atoms with Gasteiger partial charge in [0.1, 0.15) is 0 Å². The van der Waals surface area contributed by atoms with E-state index < -0.39 is 10.0 Å². The van der Waals surface area contributed by atoms with Gasteiger partial charge in [0, 0.05) is 12.6 Å². The standard InChI is InChI=1S/C14H22N2O2S/c1-2-15-10-12-5-3-6-13(9-12)11-19(17,18)16-14-7-4-8-14/h3,5-6,9,14-16H,2,4,7-8,10-11H2,1H3. The molecule has 0 unspecified atom stereocenters. The molecular weight excluding hydrogens is 260 g/mol. The van der Waals surface area contributed by atoms with Crippen molar-refractivity contribution < 1.29 is 8.42 Å². The van der Waals surface area contributed by atoms with E-state index in [4.69, 9.17) is 0 Å². The zero-order valence-corrected chi connectivity index (χ0v) is 12.2. The first-order valence-electron chi connectivity index (χ1n) is 6.87. The van der Waals surface area contributed by atoms with Crippen molar-refractivity contribution in [2.24, 2.45) is 0 Å². The Morgan fingerprint density at radius 3 is 2.63 bits per heavy atom. The SMILES string of the molecule is CCNCc1cccc(CS(=O)(=O)NC2CCC2)c1. The fourth-order valence-electron chi connectivity index (χ4n) is 2.14. The van der Waals surface area contributed by atoms with Crippen molar-refractivity contribution in [2.75, 3.05) is 6.54 Å². The molecule has 0 atom stereocenters. The van der Waals surface area contributed by atoms with Crippen LogP contribution in [0.15, 0.2) is 24.3 Å². The Hall–Kier alpha value is -0.910. The molecule has 1 saturated carbocycles. The highest BCUT2D eigenvalue weighted by Gasteiger charge is 2.23. The first-order valence-corrected chi connectivity index (χ1v) is 8.53. The summed E-state index contributed by atoms with van der Waals surface area (Å²) in [5, 5.41) is 3.24. The minimum Gasteiger partial charge on any atom is -0.313 e. The van der Waals surface area contributed by atoms with Crippen molar-refractivity contribution in [3.63, 3.8) is 0 Å². The average molecular weight is 282 g/mol. The molecule has 0 aromatic heterocycles. The van der Waals surface area contributed by atoms with E-state index >= 15 is 0 Å². The van der Waals surface area contributed by atoms with Crippen LogP contribution in [0.1, 0.15) is 37.3 Å². The second-order valence-corrected chi connectivity index (χ2v) is 6.86. The number of rotatable bonds is 7. The summed E-state index contributed by atoms with van der Waals surface area (Å²) in [5.74, 6) is 0.0729. The zero-order chi connectivity index (χ0) is 13.7. The van der Waals surface area contributed by atoms with Gasteiger partial charge < -0.3 is 5.32 Å². The molecule has 1 aliphatic rings. The maximum atomic E-state index is 12.0. The van der Waals surface area contributed by atoms with Gasteiger partial charge in [0.2, 0.25) is 10.0 Å². The van der Waals surface area contributed by atoms with Gasteiger partial charge in [-0.05, 0) is 30.5 Å². The second-order valence-electron chi connectivity index (χ2n) is 5.11. The molecule has 0 saturated heterocycles. The predicted molar refractivity (Wildman–Crippen MR) is 77.2 cm³/mol. The van der Waals surface area contributed by atoms with Crippen molar-refractivity contribution in [3.8, 4) is 0 Å². The quantitative estimate of drug-likeness (QED) is 0.801. The molecule has 19 heavy (non-hydrogen) atoms. The van der Waals surface area contributed by atoms with Gasteiger partial charge in [-0.2, -0.15) is 0 Å². The van der Waals surface area contributed by atoms with E-state index in [0.717, 1.165) is 43.5 Å². The Morgan fingerprint density at radius 1 is 1.26 bits per heavy atom. The highest BCUT2D eigenvalue weighted by molar-refractivity contribution is 7.88. The summed E-state index contributed by atoms with van der Waals surface area (Å²) in [6.45, 7) is 3.74. The van der Waals surface area contributed by atoms with E-state index in [2.05, 4.69) is 17.0 Å². The molecular formula is C14H22N2O2S. The smallest absolute Gasteiger partial charge is 0.216 e. The first kappa shape index (κ1) is 14.5. The fourth-order valence-corrected chi connectivity index (χ4v) is 3.59. The largest absolute Gasteiger partial charge is 0.313 e. The Balaban J connectivity index is 1.97. The van der Waals surface area contributed by atoms with E-state index in [1.165, 1.54) is 0 Å². The molecule has 0 radical (unpaired) electrons. The molecule has 0 aliphatic heterocycles. The van der Waals surface area contributed by atoms with Gasteiger partial charge in [0.25, 0.3) is 0 Å². The highest BCUT2D eigenvalue weighted by atomic mass is 32.2. The van der Waals surface area contributed by atoms with Crippen LogP contribution in [0, 0.1) is 0 Å². The fraction of sp³-hybridized carbons (Fsp3) is 0.571. The summed E-state index contributed by atoms with van der Waals surface area (Å²) in [6.07, 6.45) is 3.07. The lowest BCUT2D eigenvalue weighted by atomic mass is 9.94. The maximum Gasteiger partial charge on any atom is 0.216 e. The Labute approximate surface area is 115 Å². The second kappa shape index (κ2) is 6.50. The number of benzene rings is 1. The summed E-state index contributed by atoms with van der Waals surface area (Å²) in [5.41, 5.74) is 1.97. The van der Waals surface area contributed by atoms with E-state index in [0.29, 0.717) is 0 Å². The molecule has 2 rings (SSSR count). The van der Waals surface area contributed by atoms with E-state index in [1.807, 2.05) is 24.3 Å². The third-order valence-electron chi connectivity index (χ3n) is 3.38. The summed E-state index contributed by atoms with van der Waals surface area (Å²) in [7, 11) is -3.20. The van der Waals surface area contributed by atoms with E-state index in [-0.39, 0.29) is 11.8 Å². The summed E-state index contributed by atoms with van der Waals surface area (Å²) in [4.78, 5) is 0. The molecule has 4 nitrogen and oxygen atoms in total. The Bertz CT molecular complexity index is 510. The Morgan fingerprint density at radius 2 is 2.00 bits per heavy atom. The van der Waals surface area contributed by atoms with Gasteiger partial charge >= 0.3 is 0 Å². The van der Waals surface area contributed by atoms with Gasteiger partial charge in [0.05, 0.1) is 5.75 Å². The minimum atomic E-state index is -3.20. The van der Waals surface area contributed by atoms with Gasteiger partial charge in [-0.25, -0.2) is 13.1 Å². The minimum absolute atomic E-state index is 0.0729. The van der Waals surface area contributed by atoms with Crippen molar-refractivity contribution in [1.82, 2.24) is 10.0 Å².